The number of nitrogens with zero attached hydrogens (tertiary/aromatic N) is 2. The molecule has 1 aromatic heterocycles. The number of hydrogen-bond acceptors (Lipinski definition) is 6. The summed E-state index contributed by atoms with van der Waals surface area (Å²) in [4.78, 5) is 33.2. The van der Waals surface area contributed by atoms with Gasteiger partial charge in [-0.05, 0) is 50.0 Å². The summed E-state index contributed by atoms with van der Waals surface area (Å²) in [5, 5.41) is 0. The van der Waals surface area contributed by atoms with Crippen LogP contribution in [0, 0.1) is 0 Å². The number of aromatic nitrogens is 1. The third-order valence-corrected chi connectivity index (χ3v) is 7.84. The van der Waals surface area contributed by atoms with Crippen molar-refractivity contribution in [2.75, 3.05) is 6.61 Å². The molecule has 0 amide bonds. The topological polar surface area (TPSA) is 69.9 Å². The Morgan fingerprint density at radius 2 is 1.66 bits per heavy atom. The van der Waals surface area contributed by atoms with Gasteiger partial charge in [0.2, 0.25) is 0 Å². The Balaban J connectivity index is 1.80. The van der Waals surface area contributed by atoms with Crippen LogP contribution in [0.2, 0.25) is 0 Å². The molecule has 0 saturated carbocycles. The number of carbonyl (C=O) groups excluding carboxylic acids is 1. The van der Waals surface area contributed by atoms with Gasteiger partial charge in [-0.25, -0.2) is 9.79 Å². The van der Waals surface area contributed by atoms with Crippen molar-refractivity contribution in [3.05, 3.63) is 126 Å². The molecule has 2 heterocycles. The fraction of sp³-hybridized carbons (Fsp3) is 0.265. The molecule has 6 nitrogen and oxygen atoms in total. The molecule has 5 rings (SSSR count). The maximum Gasteiger partial charge on any atom is 0.338 e. The first kappa shape index (κ1) is 28.3. The first-order valence-corrected chi connectivity index (χ1v) is 14.7. The lowest BCUT2D eigenvalue weighted by molar-refractivity contribution is -0.138. The standard InChI is InChI=1S/C34H34N2O4S/c1-6-39-33(38)29-30(24-12-8-7-9-13-24)35-34-36(31(29)25-18-16-23(17-19-25)21(2)3)32(37)28(41-34)20-26-14-10-11-15-27(26)40-22(4)5/h7-22,31H,6H2,1-5H3/b28-20-/t31-/m0/s1. The number of carbonyl (C=O) groups is 1. The Morgan fingerprint density at radius 1 is 0.976 bits per heavy atom. The zero-order valence-electron chi connectivity index (χ0n) is 24.0. The largest absolute Gasteiger partial charge is 0.490 e. The average molecular weight is 567 g/mol. The van der Waals surface area contributed by atoms with Crippen LogP contribution in [-0.4, -0.2) is 23.2 Å². The second-order valence-corrected chi connectivity index (χ2v) is 11.5. The van der Waals surface area contributed by atoms with Crippen LogP contribution in [0.4, 0.5) is 0 Å². The van der Waals surface area contributed by atoms with Crippen molar-refractivity contribution in [2.24, 2.45) is 4.99 Å². The summed E-state index contributed by atoms with van der Waals surface area (Å²) in [7, 11) is 0. The fourth-order valence-corrected chi connectivity index (χ4v) is 5.91. The number of para-hydroxylation sites is 1. The van der Waals surface area contributed by atoms with Gasteiger partial charge in [-0.15, -0.1) is 0 Å². The highest BCUT2D eigenvalue weighted by atomic mass is 32.1. The lowest BCUT2D eigenvalue weighted by Gasteiger charge is -2.26. The summed E-state index contributed by atoms with van der Waals surface area (Å²) in [5.41, 5.74) is 4.21. The fourth-order valence-electron chi connectivity index (χ4n) is 4.92. The Bertz CT molecular complexity index is 1760. The molecule has 0 fully saturated rings. The second-order valence-electron chi connectivity index (χ2n) is 10.5. The number of thiazole rings is 1. The summed E-state index contributed by atoms with van der Waals surface area (Å²) >= 11 is 1.30. The van der Waals surface area contributed by atoms with Crippen LogP contribution in [0.5, 0.6) is 5.75 Å². The van der Waals surface area contributed by atoms with Gasteiger partial charge < -0.3 is 9.47 Å². The molecule has 1 aliphatic heterocycles. The molecule has 3 aromatic carbocycles. The highest BCUT2D eigenvalue weighted by Crippen LogP contribution is 2.35. The van der Waals surface area contributed by atoms with E-state index in [9.17, 15) is 9.59 Å². The van der Waals surface area contributed by atoms with Crippen LogP contribution >= 0.6 is 11.3 Å². The van der Waals surface area contributed by atoms with Crippen molar-refractivity contribution >= 4 is 29.1 Å². The molecule has 0 spiro atoms. The van der Waals surface area contributed by atoms with Gasteiger partial charge in [-0.2, -0.15) is 0 Å². The second kappa shape index (κ2) is 12.1. The number of rotatable bonds is 8. The molecule has 1 aliphatic rings. The van der Waals surface area contributed by atoms with Crippen molar-refractivity contribution in [1.29, 1.82) is 0 Å². The van der Waals surface area contributed by atoms with Crippen molar-refractivity contribution in [1.82, 2.24) is 4.57 Å². The zero-order valence-corrected chi connectivity index (χ0v) is 24.8. The Labute approximate surface area is 243 Å². The van der Waals surface area contributed by atoms with Crippen LogP contribution in [-0.2, 0) is 9.53 Å². The SMILES string of the molecule is CCOC(=O)C1=C(c2ccccc2)N=c2s/c(=C\c3ccccc3OC(C)C)c(=O)n2[C@H]1c1ccc(C(C)C)cc1. The lowest BCUT2D eigenvalue weighted by Crippen LogP contribution is -2.40. The highest BCUT2D eigenvalue weighted by Gasteiger charge is 2.35. The van der Waals surface area contributed by atoms with Gasteiger partial charge in [-0.1, -0.05) is 98.0 Å². The van der Waals surface area contributed by atoms with Crippen LogP contribution in [0.3, 0.4) is 0 Å². The number of esters is 1. The van der Waals surface area contributed by atoms with E-state index < -0.39 is 12.0 Å². The van der Waals surface area contributed by atoms with Gasteiger partial charge >= 0.3 is 5.97 Å². The van der Waals surface area contributed by atoms with Crippen molar-refractivity contribution in [2.45, 2.75) is 52.7 Å². The minimum atomic E-state index is -0.703. The van der Waals surface area contributed by atoms with Crippen molar-refractivity contribution < 1.29 is 14.3 Å². The summed E-state index contributed by atoms with van der Waals surface area (Å²) in [5.74, 6) is 0.559. The van der Waals surface area contributed by atoms with Crippen LogP contribution in [0.15, 0.2) is 94.2 Å². The minimum Gasteiger partial charge on any atom is -0.490 e. The molecule has 0 bridgehead atoms. The maximum absolute atomic E-state index is 14.1. The first-order valence-electron chi connectivity index (χ1n) is 13.9. The molecular formula is C34H34N2O4S. The van der Waals surface area contributed by atoms with E-state index in [0.717, 1.165) is 16.7 Å². The smallest absolute Gasteiger partial charge is 0.338 e. The molecule has 0 N–H and O–H groups in total. The molecule has 41 heavy (non-hydrogen) atoms. The van der Waals surface area contributed by atoms with Crippen molar-refractivity contribution in [3.63, 3.8) is 0 Å². The van der Waals surface area contributed by atoms with E-state index in [-0.39, 0.29) is 18.3 Å². The quantitative estimate of drug-likeness (QED) is 0.251. The molecule has 4 aromatic rings. The zero-order chi connectivity index (χ0) is 29.1. The van der Waals surface area contributed by atoms with Crippen LogP contribution in [0.25, 0.3) is 11.8 Å². The Hall–Kier alpha value is -4.23. The Kier molecular flexibility index (Phi) is 8.36. The van der Waals surface area contributed by atoms with E-state index >= 15 is 0 Å². The molecule has 0 aliphatic carbocycles. The Morgan fingerprint density at radius 3 is 2.32 bits per heavy atom. The molecule has 0 saturated heterocycles. The van der Waals surface area contributed by atoms with Gasteiger partial charge in [0, 0.05) is 11.1 Å². The summed E-state index contributed by atoms with van der Waals surface area (Å²) in [6, 6.07) is 24.6. The molecule has 1 atom stereocenters. The summed E-state index contributed by atoms with van der Waals surface area (Å²) in [6.45, 7) is 10.2. The minimum absolute atomic E-state index is 0.0138. The number of fused-ring (bicyclic) bond motifs is 1. The van der Waals surface area contributed by atoms with E-state index in [2.05, 4.69) is 26.0 Å². The van der Waals surface area contributed by atoms with Gasteiger partial charge in [0.25, 0.3) is 5.56 Å². The predicted octanol–water partition coefficient (Wildman–Crippen LogP) is 5.85. The number of hydrogen-bond donors (Lipinski definition) is 0. The number of benzene rings is 3. The van der Waals surface area contributed by atoms with E-state index in [0.29, 0.717) is 32.3 Å². The molecule has 0 unspecified atom stereocenters. The van der Waals surface area contributed by atoms with Gasteiger partial charge in [-0.3, -0.25) is 9.36 Å². The molecule has 7 heteroatoms. The molecule has 0 radical (unpaired) electrons. The van der Waals surface area contributed by atoms with Crippen LogP contribution in [0.1, 0.15) is 68.8 Å². The van der Waals surface area contributed by atoms with Gasteiger partial charge in [0.1, 0.15) is 5.75 Å². The van der Waals surface area contributed by atoms with Gasteiger partial charge in [0.05, 0.1) is 34.6 Å². The molecular weight excluding hydrogens is 532 g/mol. The monoisotopic (exact) mass is 566 g/mol. The molecule has 210 valence electrons. The summed E-state index contributed by atoms with van der Waals surface area (Å²) < 4.78 is 13.7. The maximum atomic E-state index is 14.1. The van der Waals surface area contributed by atoms with Crippen molar-refractivity contribution in [3.8, 4) is 5.75 Å². The van der Waals surface area contributed by atoms with E-state index in [1.807, 2.05) is 86.7 Å². The van der Waals surface area contributed by atoms with Gasteiger partial charge in [0.15, 0.2) is 4.80 Å². The predicted molar refractivity (Wildman–Crippen MR) is 164 cm³/mol. The first-order chi connectivity index (χ1) is 19.8. The summed E-state index contributed by atoms with van der Waals surface area (Å²) in [6.07, 6.45) is 1.83. The number of ether oxygens (including phenoxy) is 2. The van der Waals surface area contributed by atoms with Crippen LogP contribution < -0.4 is 19.6 Å². The van der Waals surface area contributed by atoms with E-state index in [1.54, 1.807) is 11.5 Å². The lowest BCUT2D eigenvalue weighted by atomic mass is 9.91. The van der Waals surface area contributed by atoms with E-state index in [1.165, 1.54) is 16.9 Å². The normalized spacial score (nSPS) is 15.2. The third kappa shape index (κ3) is 5.81. The average Bonchev–Trinajstić information content (AvgIpc) is 3.27. The van der Waals surface area contributed by atoms with E-state index in [4.69, 9.17) is 14.5 Å². The third-order valence-electron chi connectivity index (χ3n) is 6.86. The highest BCUT2D eigenvalue weighted by molar-refractivity contribution is 7.07.